The number of alkyl halides is 1. The van der Waals surface area contributed by atoms with E-state index < -0.39 is 5.67 Å². The molecular weight excluding hydrogens is 205 g/mol. The lowest BCUT2D eigenvalue weighted by Crippen LogP contribution is -2.38. The van der Waals surface area contributed by atoms with Crippen LogP contribution in [0.5, 0.6) is 0 Å². The first-order valence-corrected chi connectivity index (χ1v) is 6.64. The molecule has 0 amide bonds. The molecule has 0 aromatic rings. The Labute approximate surface area is 98.9 Å². The third-order valence-electron chi connectivity index (χ3n) is 3.35. The van der Waals surface area contributed by atoms with Gasteiger partial charge in [-0.05, 0) is 39.0 Å². The fraction of sp³-hybridized carbons (Fsp3) is 1.00. The molecule has 2 nitrogen and oxygen atoms in total. The second-order valence-electron chi connectivity index (χ2n) is 5.11. The fourth-order valence-corrected chi connectivity index (χ4v) is 2.11. The molecule has 1 N–H and O–H groups in total. The Morgan fingerprint density at radius 3 is 2.62 bits per heavy atom. The Morgan fingerprint density at radius 2 is 2.00 bits per heavy atom. The van der Waals surface area contributed by atoms with Gasteiger partial charge in [0.15, 0.2) is 0 Å². The summed E-state index contributed by atoms with van der Waals surface area (Å²) >= 11 is 0. The van der Waals surface area contributed by atoms with Crippen LogP contribution in [0.1, 0.15) is 52.4 Å². The largest absolute Gasteiger partial charge is 0.380 e. The number of halogens is 1. The molecule has 16 heavy (non-hydrogen) atoms. The normalized spacial score (nSPS) is 30.6. The number of hydrogen-bond acceptors (Lipinski definition) is 2. The van der Waals surface area contributed by atoms with Crippen molar-refractivity contribution in [2.24, 2.45) is 0 Å². The van der Waals surface area contributed by atoms with Crippen LogP contribution in [0.4, 0.5) is 4.39 Å². The highest BCUT2D eigenvalue weighted by Gasteiger charge is 2.30. The molecule has 1 rings (SSSR count). The first-order chi connectivity index (χ1) is 7.64. The van der Waals surface area contributed by atoms with E-state index >= 15 is 0 Å². The van der Waals surface area contributed by atoms with Gasteiger partial charge in [-0.3, -0.25) is 0 Å². The molecule has 0 unspecified atom stereocenters. The zero-order valence-electron chi connectivity index (χ0n) is 10.7. The highest BCUT2D eigenvalue weighted by atomic mass is 19.1. The minimum Gasteiger partial charge on any atom is -0.380 e. The monoisotopic (exact) mass is 231 g/mol. The summed E-state index contributed by atoms with van der Waals surface area (Å²) in [5, 5.41) is 3.44. The van der Waals surface area contributed by atoms with Gasteiger partial charge in [0.2, 0.25) is 0 Å². The van der Waals surface area contributed by atoms with E-state index in [9.17, 15) is 4.39 Å². The molecule has 0 bridgehead atoms. The van der Waals surface area contributed by atoms with Crippen molar-refractivity contribution in [1.29, 1.82) is 0 Å². The molecule has 1 saturated carbocycles. The van der Waals surface area contributed by atoms with Crippen LogP contribution >= 0.6 is 0 Å². The van der Waals surface area contributed by atoms with E-state index in [-0.39, 0.29) is 0 Å². The van der Waals surface area contributed by atoms with Gasteiger partial charge in [-0.15, -0.1) is 0 Å². The summed E-state index contributed by atoms with van der Waals surface area (Å²) in [6.07, 6.45) is 5.64. The van der Waals surface area contributed by atoms with E-state index in [4.69, 9.17) is 4.74 Å². The van der Waals surface area contributed by atoms with Crippen LogP contribution in [0.15, 0.2) is 0 Å². The lowest BCUT2D eigenvalue weighted by Gasteiger charge is -2.31. The molecule has 0 radical (unpaired) electrons. The van der Waals surface area contributed by atoms with E-state index in [0.717, 1.165) is 39.0 Å². The van der Waals surface area contributed by atoms with Gasteiger partial charge in [0.05, 0.1) is 6.61 Å². The van der Waals surface area contributed by atoms with Crippen LogP contribution in [0.3, 0.4) is 0 Å². The Hall–Kier alpha value is -0.150. The Bertz CT molecular complexity index is 175. The summed E-state index contributed by atoms with van der Waals surface area (Å²) in [5.74, 6) is 0. The van der Waals surface area contributed by atoms with Gasteiger partial charge >= 0.3 is 0 Å². The van der Waals surface area contributed by atoms with Gasteiger partial charge in [-0.25, -0.2) is 4.39 Å². The van der Waals surface area contributed by atoms with Crippen LogP contribution in [0, 0.1) is 0 Å². The van der Waals surface area contributed by atoms with E-state index in [1.54, 1.807) is 6.92 Å². The quantitative estimate of drug-likeness (QED) is 0.680. The number of ether oxygens (including phenoxy) is 1. The van der Waals surface area contributed by atoms with E-state index in [2.05, 4.69) is 12.2 Å². The SMILES string of the molecule is CCCCOCCNC1CCC(C)(F)CC1. The first kappa shape index (κ1) is 13.9. The molecule has 0 spiro atoms. The highest BCUT2D eigenvalue weighted by molar-refractivity contribution is 4.84. The second-order valence-corrected chi connectivity index (χ2v) is 5.11. The Morgan fingerprint density at radius 1 is 1.31 bits per heavy atom. The lowest BCUT2D eigenvalue weighted by atomic mass is 9.85. The maximum Gasteiger partial charge on any atom is 0.108 e. The summed E-state index contributed by atoms with van der Waals surface area (Å²) in [6, 6.07) is 0.499. The molecular formula is C13H26FNO. The second kappa shape index (κ2) is 7.23. The van der Waals surface area contributed by atoms with Crippen LogP contribution in [0.25, 0.3) is 0 Å². The highest BCUT2D eigenvalue weighted by Crippen LogP contribution is 2.31. The standard InChI is InChI=1S/C13H26FNO/c1-3-4-10-16-11-9-15-12-5-7-13(2,14)8-6-12/h12,15H,3-11H2,1-2H3. The average molecular weight is 231 g/mol. The summed E-state index contributed by atoms with van der Waals surface area (Å²) in [5.41, 5.74) is -0.921. The maximum atomic E-state index is 13.5. The maximum absolute atomic E-state index is 13.5. The lowest BCUT2D eigenvalue weighted by molar-refractivity contribution is 0.103. The summed E-state index contributed by atoms with van der Waals surface area (Å²) in [4.78, 5) is 0. The molecule has 1 fully saturated rings. The molecule has 0 aromatic heterocycles. The predicted octanol–water partition coefficient (Wildman–Crippen LogP) is 3.06. The molecule has 0 aromatic carbocycles. The van der Waals surface area contributed by atoms with Gasteiger partial charge in [0, 0.05) is 19.2 Å². The third kappa shape index (κ3) is 5.80. The number of hydrogen-bond donors (Lipinski definition) is 1. The van der Waals surface area contributed by atoms with Gasteiger partial charge in [0.1, 0.15) is 5.67 Å². The predicted molar refractivity (Wildman–Crippen MR) is 65.5 cm³/mol. The minimum absolute atomic E-state index is 0.499. The molecule has 0 saturated heterocycles. The van der Waals surface area contributed by atoms with Gasteiger partial charge < -0.3 is 10.1 Å². The van der Waals surface area contributed by atoms with Crippen molar-refractivity contribution < 1.29 is 9.13 Å². The molecule has 3 heteroatoms. The van der Waals surface area contributed by atoms with E-state index in [0.29, 0.717) is 18.9 Å². The molecule has 0 aliphatic heterocycles. The van der Waals surface area contributed by atoms with Crippen LogP contribution in [0.2, 0.25) is 0 Å². The Balaban J connectivity index is 1.94. The zero-order valence-corrected chi connectivity index (χ0v) is 10.7. The van der Waals surface area contributed by atoms with Crippen LogP contribution in [-0.4, -0.2) is 31.5 Å². The zero-order chi connectivity index (χ0) is 11.9. The summed E-state index contributed by atoms with van der Waals surface area (Å²) < 4.78 is 19.0. The van der Waals surface area contributed by atoms with Gasteiger partial charge in [0.25, 0.3) is 0 Å². The van der Waals surface area contributed by atoms with Crippen molar-refractivity contribution in [2.75, 3.05) is 19.8 Å². The minimum atomic E-state index is -0.921. The molecule has 1 aliphatic carbocycles. The van der Waals surface area contributed by atoms with Crippen molar-refractivity contribution in [3.05, 3.63) is 0 Å². The fourth-order valence-electron chi connectivity index (χ4n) is 2.11. The topological polar surface area (TPSA) is 21.3 Å². The van der Waals surface area contributed by atoms with E-state index in [1.807, 2.05) is 0 Å². The smallest absolute Gasteiger partial charge is 0.108 e. The van der Waals surface area contributed by atoms with Crippen molar-refractivity contribution >= 4 is 0 Å². The molecule has 0 heterocycles. The number of unbranched alkanes of at least 4 members (excludes halogenated alkanes) is 1. The summed E-state index contributed by atoms with van der Waals surface area (Å²) in [6.45, 7) is 6.43. The first-order valence-electron chi connectivity index (χ1n) is 6.64. The van der Waals surface area contributed by atoms with E-state index in [1.165, 1.54) is 6.42 Å². The van der Waals surface area contributed by atoms with Crippen molar-refractivity contribution in [2.45, 2.75) is 64.1 Å². The van der Waals surface area contributed by atoms with Gasteiger partial charge in [-0.1, -0.05) is 13.3 Å². The molecule has 96 valence electrons. The van der Waals surface area contributed by atoms with Gasteiger partial charge in [-0.2, -0.15) is 0 Å². The summed E-state index contributed by atoms with van der Waals surface area (Å²) in [7, 11) is 0. The average Bonchev–Trinajstić information content (AvgIpc) is 2.25. The van der Waals surface area contributed by atoms with Crippen LogP contribution in [-0.2, 0) is 4.74 Å². The Kier molecular flexibility index (Phi) is 6.29. The van der Waals surface area contributed by atoms with Crippen molar-refractivity contribution in [3.8, 4) is 0 Å². The molecule has 1 aliphatic rings. The third-order valence-corrected chi connectivity index (χ3v) is 3.35. The molecule has 0 atom stereocenters. The van der Waals surface area contributed by atoms with Crippen molar-refractivity contribution in [3.63, 3.8) is 0 Å². The van der Waals surface area contributed by atoms with Crippen LogP contribution < -0.4 is 5.32 Å². The number of rotatable bonds is 7. The number of nitrogens with one attached hydrogen (secondary N) is 1. The van der Waals surface area contributed by atoms with Crippen molar-refractivity contribution in [1.82, 2.24) is 5.32 Å².